The van der Waals surface area contributed by atoms with Crippen molar-refractivity contribution in [2.45, 2.75) is 13.5 Å². The maximum Gasteiger partial charge on any atom is 0.224 e. The molecule has 5 rings (SSSR count). The molecule has 0 aliphatic carbocycles. The van der Waals surface area contributed by atoms with Crippen LogP contribution in [-0.4, -0.2) is 24.0 Å². The van der Waals surface area contributed by atoms with Crippen molar-refractivity contribution in [2.24, 2.45) is 0 Å². The third-order valence-electron chi connectivity index (χ3n) is 5.51. The molecule has 0 N–H and O–H groups in total. The minimum Gasteiger partial charge on any atom is -0.416 e. The summed E-state index contributed by atoms with van der Waals surface area (Å²) in [4.78, 5) is 32.0. The molecule has 1 amide bonds. The van der Waals surface area contributed by atoms with Gasteiger partial charge in [0, 0.05) is 28.8 Å². The van der Waals surface area contributed by atoms with Crippen molar-refractivity contribution in [3.63, 3.8) is 0 Å². The molecule has 0 saturated carbocycles. The van der Waals surface area contributed by atoms with E-state index in [1.54, 1.807) is 23.7 Å². The average Bonchev–Trinajstić information content (AvgIpc) is 3.04. The molecule has 0 bridgehead atoms. The summed E-state index contributed by atoms with van der Waals surface area (Å²) in [5.41, 5.74) is 5.78. The van der Waals surface area contributed by atoms with Crippen LogP contribution < -0.4 is 9.74 Å². The lowest BCUT2D eigenvalue weighted by atomic mass is 9.88. The Morgan fingerprint density at radius 1 is 1.07 bits per heavy atom. The normalized spacial score (nSPS) is 12.7. The van der Waals surface area contributed by atoms with Crippen molar-refractivity contribution in [2.75, 3.05) is 12.0 Å². The van der Waals surface area contributed by atoms with Crippen LogP contribution in [0.5, 0.6) is 0 Å². The molecule has 3 aromatic carbocycles. The summed E-state index contributed by atoms with van der Waals surface area (Å²) in [6.45, 7) is 2.00. The molecule has 0 spiro atoms. The summed E-state index contributed by atoms with van der Waals surface area (Å²) in [5.74, 6) is -0.0230. The Balaban J connectivity index is 1.97. The number of hydrogen-bond donors (Lipinski definition) is 0. The van der Waals surface area contributed by atoms with Gasteiger partial charge in [0.1, 0.15) is 7.11 Å². The molecule has 4 aromatic rings. The molecule has 0 radical (unpaired) electrons. The summed E-state index contributed by atoms with van der Waals surface area (Å²) in [6.07, 6.45) is 0.899. The number of aromatic nitrogens is 1. The minimum atomic E-state index is -0.0230. The molecule has 0 saturated heterocycles. The lowest BCUT2D eigenvalue weighted by Crippen LogP contribution is -2.31. The summed E-state index contributed by atoms with van der Waals surface area (Å²) in [7, 11) is 1.60. The molecule has 5 heteroatoms. The van der Waals surface area contributed by atoms with Gasteiger partial charge in [-0.05, 0) is 23.8 Å². The van der Waals surface area contributed by atoms with Crippen LogP contribution in [0.3, 0.4) is 0 Å². The van der Waals surface area contributed by atoms with Gasteiger partial charge in [-0.15, -0.1) is 0 Å². The van der Waals surface area contributed by atoms with Gasteiger partial charge in [-0.1, -0.05) is 36.4 Å². The highest BCUT2D eigenvalue weighted by atomic mass is 16.6. The van der Waals surface area contributed by atoms with Crippen LogP contribution in [0.2, 0.25) is 0 Å². The molecule has 1 aliphatic heterocycles. The van der Waals surface area contributed by atoms with Gasteiger partial charge in [0.2, 0.25) is 5.91 Å². The molecule has 2 heterocycles. The number of hydrogen-bond acceptors (Lipinski definition) is 3. The zero-order valence-electron chi connectivity index (χ0n) is 15.6. The highest BCUT2D eigenvalue weighted by Gasteiger charge is 2.29. The minimum absolute atomic E-state index is 0.0230. The second-order valence-corrected chi connectivity index (χ2v) is 6.95. The number of benzene rings is 3. The van der Waals surface area contributed by atoms with E-state index in [4.69, 9.17) is 4.84 Å². The van der Waals surface area contributed by atoms with Crippen LogP contribution in [0.15, 0.2) is 54.6 Å². The molecule has 0 unspecified atom stereocenters. The Morgan fingerprint density at radius 3 is 2.57 bits per heavy atom. The molecule has 1 aromatic heterocycles. The molecule has 138 valence electrons. The fourth-order valence-electron chi connectivity index (χ4n) is 4.38. The first-order chi connectivity index (χ1) is 13.7. The fraction of sp³-hybridized carbons (Fsp3) is 0.130. The monoisotopic (exact) mass is 370 g/mol. The molecule has 0 fully saturated rings. The topological polar surface area (TPSA) is 51.5 Å². The van der Waals surface area contributed by atoms with Crippen molar-refractivity contribution < 1.29 is 14.4 Å². The van der Waals surface area contributed by atoms with Gasteiger partial charge >= 0.3 is 0 Å². The van der Waals surface area contributed by atoms with Crippen molar-refractivity contribution in [1.82, 2.24) is 4.73 Å². The van der Waals surface area contributed by atoms with Gasteiger partial charge in [-0.25, -0.2) is 0 Å². The predicted molar refractivity (Wildman–Crippen MR) is 110 cm³/mol. The first kappa shape index (κ1) is 16.6. The van der Waals surface area contributed by atoms with Gasteiger partial charge in [-0.3, -0.25) is 9.59 Å². The van der Waals surface area contributed by atoms with Crippen molar-refractivity contribution in [1.29, 1.82) is 0 Å². The van der Waals surface area contributed by atoms with Crippen molar-refractivity contribution in [3.05, 3.63) is 65.7 Å². The summed E-state index contributed by atoms with van der Waals surface area (Å²) in [6, 6.07) is 17.7. The lowest BCUT2D eigenvalue weighted by molar-refractivity contribution is -0.116. The predicted octanol–water partition coefficient (Wildman–Crippen LogP) is 4.20. The Hall–Kier alpha value is -3.60. The number of carbonyl (C=O) groups excluding carboxylic acids is 2. The van der Waals surface area contributed by atoms with E-state index in [2.05, 4.69) is 6.07 Å². The first-order valence-corrected chi connectivity index (χ1v) is 9.12. The first-order valence-electron chi connectivity index (χ1n) is 9.12. The smallest absolute Gasteiger partial charge is 0.224 e. The Kier molecular flexibility index (Phi) is 3.52. The zero-order valence-corrected chi connectivity index (χ0v) is 15.6. The van der Waals surface area contributed by atoms with Gasteiger partial charge in [0.25, 0.3) is 0 Å². The van der Waals surface area contributed by atoms with Crippen LogP contribution in [0.4, 0.5) is 5.69 Å². The van der Waals surface area contributed by atoms with E-state index in [0.29, 0.717) is 12.1 Å². The molecular formula is C23H18N2O3. The highest BCUT2D eigenvalue weighted by Crippen LogP contribution is 2.44. The number of carbonyl (C=O) groups is 2. The average molecular weight is 370 g/mol. The largest absolute Gasteiger partial charge is 0.416 e. The standard InChI is InChI=1S/C23H18N2O3/c1-14(27)24-12-15-11-18-16-7-3-6-10-21(16)25(28-2)23(18)19(13-26)22(15)17-8-4-5-9-20(17)24/h3-11,13H,12H2,1-2H3. The number of fused-ring (bicyclic) bond motifs is 6. The molecular weight excluding hydrogens is 352 g/mol. The van der Waals surface area contributed by atoms with Crippen LogP contribution in [0.25, 0.3) is 32.9 Å². The number of anilines is 1. The molecule has 5 nitrogen and oxygen atoms in total. The van der Waals surface area contributed by atoms with Crippen LogP contribution in [-0.2, 0) is 11.3 Å². The highest BCUT2D eigenvalue weighted by molar-refractivity contribution is 6.17. The third-order valence-corrected chi connectivity index (χ3v) is 5.51. The van der Waals surface area contributed by atoms with Crippen molar-refractivity contribution in [3.8, 4) is 11.1 Å². The van der Waals surface area contributed by atoms with Crippen LogP contribution in [0.1, 0.15) is 22.8 Å². The number of rotatable bonds is 2. The van der Waals surface area contributed by atoms with E-state index in [9.17, 15) is 9.59 Å². The lowest BCUT2D eigenvalue weighted by Gasteiger charge is -2.31. The maximum absolute atomic E-state index is 12.3. The SMILES string of the molecule is COn1c2ccccc2c2cc3c(c(C=O)c21)-c1ccccc1N(C(C)=O)C3. The summed E-state index contributed by atoms with van der Waals surface area (Å²) < 4.78 is 1.72. The van der Waals surface area contributed by atoms with Crippen LogP contribution in [0, 0.1) is 0 Å². The van der Waals surface area contributed by atoms with E-state index in [1.807, 2.05) is 48.5 Å². The molecule has 28 heavy (non-hydrogen) atoms. The van der Waals surface area contributed by atoms with Crippen molar-refractivity contribution >= 4 is 39.7 Å². The molecule has 0 atom stereocenters. The quantitative estimate of drug-likeness (QED) is 0.497. The van der Waals surface area contributed by atoms with Gasteiger partial charge in [0.15, 0.2) is 6.29 Å². The zero-order chi connectivity index (χ0) is 19.4. The van der Waals surface area contributed by atoms with E-state index >= 15 is 0 Å². The fourth-order valence-corrected chi connectivity index (χ4v) is 4.38. The van der Waals surface area contributed by atoms with Crippen LogP contribution >= 0.6 is 0 Å². The van der Waals surface area contributed by atoms with E-state index in [1.165, 1.54) is 0 Å². The third kappa shape index (κ3) is 2.07. The second kappa shape index (κ2) is 5.96. The van der Waals surface area contributed by atoms with Gasteiger partial charge in [0.05, 0.1) is 28.8 Å². The second-order valence-electron chi connectivity index (χ2n) is 6.95. The Morgan fingerprint density at radius 2 is 1.82 bits per heavy atom. The van der Waals surface area contributed by atoms with Gasteiger partial charge < -0.3 is 9.74 Å². The van der Waals surface area contributed by atoms with E-state index < -0.39 is 0 Å². The van der Waals surface area contributed by atoms with E-state index in [-0.39, 0.29) is 5.91 Å². The summed E-state index contributed by atoms with van der Waals surface area (Å²) >= 11 is 0. The maximum atomic E-state index is 12.3. The molecule has 1 aliphatic rings. The number of nitrogens with zero attached hydrogens (tertiary/aromatic N) is 2. The number of para-hydroxylation sites is 2. The number of amides is 1. The van der Waals surface area contributed by atoms with Gasteiger partial charge in [-0.2, -0.15) is 4.73 Å². The number of aldehydes is 1. The summed E-state index contributed by atoms with van der Waals surface area (Å²) in [5, 5.41) is 1.96. The Labute approximate surface area is 161 Å². The van der Waals surface area contributed by atoms with E-state index in [0.717, 1.165) is 50.5 Å². The Bertz CT molecular complexity index is 1290.